The second kappa shape index (κ2) is 7.40. The quantitative estimate of drug-likeness (QED) is 0.573. The molecule has 0 aliphatic rings. The summed E-state index contributed by atoms with van der Waals surface area (Å²) in [5, 5.41) is 3.04. The molecule has 0 atom stereocenters. The molecule has 26 heavy (non-hydrogen) atoms. The van der Waals surface area contributed by atoms with Crippen LogP contribution in [0.4, 0.5) is 16.3 Å². The standard InChI is InChI=1S/C19H18Cl2N4O/c1-11(2)16-10-18(23-17-6-4-3-5-15(16)17)24-25(19(22)26)14-8-12(20)7-13(21)9-14/h3-11H,1-2H3,(H2,22,26)(H,23,24). The van der Waals surface area contributed by atoms with E-state index >= 15 is 0 Å². The molecular weight excluding hydrogens is 371 g/mol. The summed E-state index contributed by atoms with van der Waals surface area (Å²) < 4.78 is 0. The number of benzene rings is 2. The smallest absolute Gasteiger partial charge is 0.338 e. The zero-order chi connectivity index (χ0) is 18.8. The van der Waals surface area contributed by atoms with E-state index in [1.807, 2.05) is 30.3 Å². The molecule has 1 heterocycles. The SMILES string of the molecule is CC(C)c1cc(NN(C(N)=O)c2cc(Cl)cc(Cl)c2)nc2ccccc12. The molecule has 2 aromatic carbocycles. The first-order chi connectivity index (χ1) is 12.3. The van der Waals surface area contributed by atoms with Crippen molar-refractivity contribution in [1.82, 2.24) is 4.98 Å². The van der Waals surface area contributed by atoms with Crippen molar-refractivity contribution in [2.75, 3.05) is 10.4 Å². The summed E-state index contributed by atoms with van der Waals surface area (Å²) in [6.07, 6.45) is 0. The Kier molecular flexibility index (Phi) is 5.20. The monoisotopic (exact) mass is 388 g/mol. The first-order valence-electron chi connectivity index (χ1n) is 8.07. The van der Waals surface area contributed by atoms with Gasteiger partial charge < -0.3 is 5.73 Å². The van der Waals surface area contributed by atoms with E-state index < -0.39 is 6.03 Å². The summed E-state index contributed by atoms with van der Waals surface area (Å²) in [5.41, 5.74) is 10.9. The van der Waals surface area contributed by atoms with Gasteiger partial charge in [-0.3, -0.25) is 5.43 Å². The molecule has 134 valence electrons. The number of nitrogens with two attached hydrogens (primary N) is 1. The third-order valence-electron chi connectivity index (χ3n) is 3.92. The van der Waals surface area contributed by atoms with Gasteiger partial charge in [0.1, 0.15) is 5.82 Å². The van der Waals surface area contributed by atoms with Crippen LogP contribution in [0.1, 0.15) is 25.3 Å². The van der Waals surface area contributed by atoms with E-state index in [0.717, 1.165) is 16.5 Å². The minimum Gasteiger partial charge on any atom is -0.350 e. The average Bonchev–Trinajstić information content (AvgIpc) is 2.57. The maximum atomic E-state index is 12.0. The van der Waals surface area contributed by atoms with Crippen molar-refractivity contribution in [3.05, 3.63) is 64.1 Å². The fraction of sp³-hybridized carbons (Fsp3) is 0.158. The van der Waals surface area contributed by atoms with Crippen LogP contribution < -0.4 is 16.2 Å². The fourth-order valence-corrected chi connectivity index (χ4v) is 3.28. The first-order valence-corrected chi connectivity index (χ1v) is 8.82. The number of hydrazine groups is 1. The van der Waals surface area contributed by atoms with Crippen LogP contribution in [0.15, 0.2) is 48.5 Å². The number of para-hydroxylation sites is 1. The lowest BCUT2D eigenvalue weighted by Gasteiger charge is -2.23. The molecule has 0 saturated heterocycles. The minimum atomic E-state index is -0.704. The van der Waals surface area contributed by atoms with Gasteiger partial charge in [-0.05, 0) is 41.8 Å². The predicted octanol–water partition coefficient (Wildman–Crippen LogP) is 5.58. The van der Waals surface area contributed by atoms with Crippen molar-refractivity contribution < 1.29 is 4.79 Å². The largest absolute Gasteiger partial charge is 0.350 e. The number of fused-ring (bicyclic) bond motifs is 1. The van der Waals surface area contributed by atoms with Gasteiger partial charge in [0, 0.05) is 15.4 Å². The zero-order valence-corrected chi connectivity index (χ0v) is 15.8. The first kappa shape index (κ1) is 18.3. The van der Waals surface area contributed by atoms with Gasteiger partial charge in [-0.1, -0.05) is 55.2 Å². The number of primary amides is 1. The van der Waals surface area contributed by atoms with Crippen molar-refractivity contribution >= 4 is 51.6 Å². The molecule has 0 aliphatic carbocycles. The average molecular weight is 389 g/mol. The Balaban J connectivity index is 2.06. The van der Waals surface area contributed by atoms with Gasteiger partial charge in [0.05, 0.1) is 11.2 Å². The van der Waals surface area contributed by atoms with E-state index in [1.165, 1.54) is 5.01 Å². The molecular formula is C19H18Cl2N4O. The van der Waals surface area contributed by atoms with Gasteiger partial charge in [-0.25, -0.2) is 14.8 Å². The number of hydrogen-bond donors (Lipinski definition) is 2. The summed E-state index contributed by atoms with van der Waals surface area (Å²) in [4.78, 5) is 16.6. The summed E-state index contributed by atoms with van der Waals surface area (Å²) >= 11 is 12.1. The highest BCUT2D eigenvalue weighted by Gasteiger charge is 2.16. The van der Waals surface area contributed by atoms with Crippen molar-refractivity contribution in [1.29, 1.82) is 0 Å². The lowest BCUT2D eigenvalue weighted by atomic mass is 9.99. The van der Waals surface area contributed by atoms with E-state index in [0.29, 0.717) is 21.6 Å². The highest BCUT2D eigenvalue weighted by atomic mass is 35.5. The molecule has 0 spiro atoms. The summed E-state index contributed by atoms with van der Waals surface area (Å²) in [7, 11) is 0. The van der Waals surface area contributed by atoms with Gasteiger partial charge in [0.2, 0.25) is 0 Å². The molecule has 0 bridgehead atoms. The molecule has 3 N–H and O–H groups in total. The van der Waals surface area contributed by atoms with Gasteiger partial charge in [0.15, 0.2) is 0 Å². The van der Waals surface area contributed by atoms with Crippen molar-refractivity contribution in [2.45, 2.75) is 19.8 Å². The van der Waals surface area contributed by atoms with Crippen molar-refractivity contribution in [2.24, 2.45) is 5.73 Å². The Morgan fingerprint density at radius 3 is 2.38 bits per heavy atom. The van der Waals surface area contributed by atoms with Gasteiger partial charge in [0.25, 0.3) is 0 Å². The number of rotatable bonds is 4. The Morgan fingerprint density at radius 2 is 1.77 bits per heavy atom. The minimum absolute atomic E-state index is 0.283. The number of urea groups is 1. The van der Waals surface area contributed by atoms with Crippen molar-refractivity contribution in [3.8, 4) is 0 Å². The summed E-state index contributed by atoms with van der Waals surface area (Å²) in [6.45, 7) is 4.21. The summed E-state index contributed by atoms with van der Waals surface area (Å²) in [5.74, 6) is 0.786. The van der Waals surface area contributed by atoms with Crippen LogP contribution in [-0.4, -0.2) is 11.0 Å². The highest BCUT2D eigenvalue weighted by molar-refractivity contribution is 6.35. The van der Waals surface area contributed by atoms with Gasteiger partial charge >= 0.3 is 6.03 Å². The van der Waals surface area contributed by atoms with Gasteiger partial charge in [-0.2, -0.15) is 0 Å². The highest BCUT2D eigenvalue weighted by Crippen LogP contribution is 2.29. The molecule has 0 aliphatic heterocycles. The third-order valence-corrected chi connectivity index (χ3v) is 4.36. The van der Waals surface area contributed by atoms with Crippen molar-refractivity contribution in [3.63, 3.8) is 0 Å². The molecule has 2 amide bonds. The summed E-state index contributed by atoms with van der Waals surface area (Å²) in [6, 6.07) is 13.8. The number of amides is 2. The van der Waals surface area contributed by atoms with E-state index in [9.17, 15) is 4.79 Å². The van der Waals surface area contributed by atoms with Crippen LogP contribution in [0.3, 0.4) is 0 Å². The molecule has 1 aromatic heterocycles. The topological polar surface area (TPSA) is 71.2 Å². The lowest BCUT2D eigenvalue weighted by Crippen LogP contribution is -2.40. The van der Waals surface area contributed by atoms with E-state index in [4.69, 9.17) is 28.9 Å². The van der Waals surface area contributed by atoms with Crippen LogP contribution in [0.5, 0.6) is 0 Å². The number of aromatic nitrogens is 1. The number of halogens is 2. The molecule has 0 saturated carbocycles. The van der Waals surface area contributed by atoms with Crippen LogP contribution in [0.25, 0.3) is 10.9 Å². The molecule has 3 aromatic rings. The maximum Gasteiger partial charge on any atom is 0.338 e. The van der Waals surface area contributed by atoms with E-state index in [2.05, 4.69) is 24.3 Å². The number of nitrogens with one attached hydrogen (secondary N) is 1. The number of nitrogens with zero attached hydrogens (tertiary/aromatic N) is 2. The second-order valence-corrected chi connectivity index (χ2v) is 7.05. The zero-order valence-electron chi connectivity index (χ0n) is 14.3. The number of carbonyl (C=O) groups excluding carboxylic acids is 1. The predicted molar refractivity (Wildman–Crippen MR) is 108 cm³/mol. The van der Waals surface area contributed by atoms with Crippen LogP contribution >= 0.6 is 23.2 Å². The number of hydrogen-bond acceptors (Lipinski definition) is 3. The Hall–Kier alpha value is -2.50. The van der Waals surface area contributed by atoms with Gasteiger partial charge in [-0.15, -0.1) is 0 Å². The molecule has 0 fully saturated rings. The molecule has 3 rings (SSSR count). The Bertz CT molecular complexity index is 955. The van der Waals surface area contributed by atoms with E-state index in [1.54, 1.807) is 18.2 Å². The molecule has 0 unspecified atom stereocenters. The molecule has 7 heteroatoms. The molecule has 0 radical (unpaired) electrons. The number of carbonyl (C=O) groups is 1. The van der Waals surface area contributed by atoms with Crippen LogP contribution in [0.2, 0.25) is 10.0 Å². The second-order valence-electron chi connectivity index (χ2n) is 6.18. The normalized spacial score (nSPS) is 11.0. The fourth-order valence-electron chi connectivity index (χ4n) is 2.77. The maximum absolute atomic E-state index is 12.0. The number of anilines is 2. The lowest BCUT2D eigenvalue weighted by molar-refractivity contribution is 0.255. The Morgan fingerprint density at radius 1 is 1.12 bits per heavy atom. The number of pyridine rings is 1. The Labute approximate surface area is 161 Å². The third kappa shape index (κ3) is 3.84. The van der Waals surface area contributed by atoms with Crippen LogP contribution in [-0.2, 0) is 0 Å². The van der Waals surface area contributed by atoms with Crippen LogP contribution in [0, 0.1) is 0 Å². The van der Waals surface area contributed by atoms with E-state index in [-0.39, 0.29) is 5.92 Å². The molecule has 5 nitrogen and oxygen atoms in total.